The van der Waals surface area contributed by atoms with E-state index >= 15 is 0 Å². The van der Waals surface area contributed by atoms with Crippen molar-refractivity contribution in [3.05, 3.63) is 42.5 Å². The third kappa shape index (κ3) is 3.63. The van der Waals surface area contributed by atoms with Crippen LogP contribution in [0.1, 0.15) is 23.2 Å². The number of rotatable bonds is 3. The summed E-state index contributed by atoms with van der Waals surface area (Å²) in [6.45, 7) is 4.66. The maximum Gasteiger partial charge on any atom is 0.257 e. The monoisotopic (exact) mass is 412 g/mol. The van der Waals surface area contributed by atoms with Gasteiger partial charge < -0.3 is 25.0 Å². The molecular weight excluding hydrogens is 384 g/mol. The standard InChI is InChI=1S/C21H28N6O3/c28-18-9-15-13-25(14-16(15)10-19(18)29)20(30)17-11-22-21(23-12-17)24-5-7-27(8-6-24)26-3-1-2-4-26/h1-4,11-12,15-16,18-19,28-29H,5-10,13-14H2. The topological polar surface area (TPSA) is 98.0 Å². The molecule has 30 heavy (non-hydrogen) atoms. The van der Waals surface area contributed by atoms with Gasteiger partial charge in [-0.3, -0.25) is 9.47 Å². The van der Waals surface area contributed by atoms with E-state index in [-0.39, 0.29) is 17.7 Å². The first kappa shape index (κ1) is 19.3. The molecule has 2 aromatic rings. The third-order valence-corrected chi connectivity index (χ3v) is 6.74. The summed E-state index contributed by atoms with van der Waals surface area (Å²) in [5.41, 5.74) is 0.490. The van der Waals surface area contributed by atoms with E-state index < -0.39 is 12.2 Å². The zero-order valence-electron chi connectivity index (χ0n) is 16.9. The summed E-state index contributed by atoms with van der Waals surface area (Å²) in [7, 11) is 0. The summed E-state index contributed by atoms with van der Waals surface area (Å²) in [4.78, 5) is 25.8. The highest BCUT2D eigenvalue weighted by Crippen LogP contribution is 2.37. The lowest BCUT2D eigenvalue weighted by Gasteiger charge is -2.36. The highest BCUT2D eigenvalue weighted by molar-refractivity contribution is 5.94. The van der Waals surface area contributed by atoms with Crippen LogP contribution in [0.2, 0.25) is 0 Å². The molecule has 5 rings (SSSR count). The van der Waals surface area contributed by atoms with Crippen LogP contribution >= 0.6 is 0 Å². The van der Waals surface area contributed by atoms with Crippen molar-refractivity contribution in [2.75, 3.05) is 49.2 Å². The van der Waals surface area contributed by atoms with E-state index in [4.69, 9.17) is 0 Å². The molecule has 1 saturated carbocycles. The number of fused-ring (bicyclic) bond motifs is 1. The molecule has 1 amide bonds. The van der Waals surface area contributed by atoms with Crippen molar-refractivity contribution in [2.45, 2.75) is 25.0 Å². The molecule has 2 N–H and O–H groups in total. The zero-order valence-corrected chi connectivity index (χ0v) is 16.9. The van der Waals surface area contributed by atoms with Gasteiger partial charge in [-0.2, -0.15) is 0 Å². The number of amides is 1. The fourth-order valence-corrected chi connectivity index (χ4v) is 4.99. The molecule has 4 heterocycles. The summed E-state index contributed by atoms with van der Waals surface area (Å²) < 4.78 is 2.10. The minimum Gasteiger partial charge on any atom is -0.390 e. The van der Waals surface area contributed by atoms with E-state index in [1.165, 1.54) is 0 Å². The summed E-state index contributed by atoms with van der Waals surface area (Å²) in [5.74, 6) is 1.09. The first-order chi connectivity index (χ1) is 14.6. The van der Waals surface area contributed by atoms with Crippen LogP contribution in [0.4, 0.5) is 5.95 Å². The maximum atomic E-state index is 12.9. The van der Waals surface area contributed by atoms with Crippen LogP contribution in [-0.4, -0.2) is 87.1 Å². The van der Waals surface area contributed by atoms with E-state index in [2.05, 4.69) is 24.6 Å². The second-order valence-corrected chi connectivity index (χ2v) is 8.61. The lowest BCUT2D eigenvalue weighted by Crippen LogP contribution is -2.51. The van der Waals surface area contributed by atoms with Crippen LogP contribution in [-0.2, 0) is 0 Å². The molecule has 2 aromatic heterocycles. The van der Waals surface area contributed by atoms with Gasteiger partial charge in [-0.25, -0.2) is 9.97 Å². The Bertz CT molecular complexity index is 847. The number of aliphatic hydroxyl groups is 2. The molecule has 4 unspecified atom stereocenters. The number of piperazine rings is 1. The Labute approximate surface area is 175 Å². The van der Waals surface area contributed by atoms with Crippen molar-refractivity contribution in [3.63, 3.8) is 0 Å². The van der Waals surface area contributed by atoms with Gasteiger partial charge in [0.05, 0.1) is 30.9 Å². The van der Waals surface area contributed by atoms with Crippen molar-refractivity contribution in [1.29, 1.82) is 0 Å². The van der Waals surface area contributed by atoms with Gasteiger partial charge in [0.25, 0.3) is 5.91 Å². The van der Waals surface area contributed by atoms with E-state index in [9.17, 15) is 15.0 Å². The summed E-state index contributed by atoms with van der Waals surface area (Å²) in [6.07, 6.45) is 7.08. The fourth-order valence-electron chi connectivity index (χ4n) is 4.99. The van der Waals surface area contributed by atoms with Crippen LogP contribution < -0.4 is 9.91 Å². The molecule has 2 saturated heterocycles. The maximum absolute atomic E-state index is 12.9. The Morgan fingerprint density at radius 2 is 1.47 bits per heavy atom. The average Bonchev–Trinajstić information content (AvgIpc) is 3.44. The van der Waals surface area contributed by atoms with Gasteiger partial charge in [0.2, 0.25) is 5.95 Å². The smallest absolute Gasteiger partial charge is 0.257 e. The molecule has 9 heteroatoms. The average molecular weight is 412 g/mol. The van der Waals surface area contributed by atoms with Gasteiger partial charge in [-0.1, -0.05) is 0 Å². The van der Waals surface area contributed by atoms with Crippen LogP contribution in [0, 0.1) is 11.8 Å². The Hall–Kier alpha value is -2.65. The number of aromatic nitrogens is 3. The predicted molar refractivity (Wildman–Crippen MR) is 111 cm³/mol. The highest BCUT2D eigenvalue weighted by atomic mass is 16.3. The largest absolute Gasteiger partial charge is 0.390 e. The number of hydrogen-bond acceptors (Lipinski definition) is 7. The fraction of sp³-hybridized carbons (Fsp3) is 0.571. The molecule has 3 aliphatic rings. The lowest BCUT2D eigenvalue weighted by atomic mass is 9.79. The van der Waals surface area contributed by atoms with Gasteiger partial charge in [0, 0.05) is 51.0 Å². The minimum atomic E-state index is -0.679. The van der Waals surface area contributed by atoms with Crippen LogP contribution in [0.15, 0.2) is 36.9 Å². The Morgan fingerprint density at radius 1 is 0.900 bits per heavy atom. The minimum absolute atomic E-state index is 0.0719. The van der Waals surface area contributed by atoms with E-state index in [0.717, 1.165) is 26.2 Å². The van der Waals surface area contributed by atoms with Gasteiger partial charge >= 0.3 is 0 Å². The number of likely N-dealkylation sites (tertiary alicyclic amines) is 1. The zero-order chi connectivity index (χ0) is 20.7. The molecule has 9 nitrogen and oxygen atoms in total. The molecule has 0 radical (unpaired) electrons. The quantitative estimate of drug-likeness (QED) is 0.729. The van der Waals surface area contributed by atoms with Crippen molar-refractivity contribution in [3.8, 4) is 0 Å². The number of hydrogen-bond donors (Lipinski definition) is 2. The second kappa shape index (κ2) is 7.88. The first-order valence-electron chi connectivity index (χ1n) is 10.7. The summed E-state index contributed by atoms with van der Waals surface area (Å²) in [6, 6.07) is 4.04. The Kier molecular flexibility index (Phi) is 5.08. The van der Waals surface area contributed by atoms with Crippen molar-refractivity contribution in [2.24, 2.45) is 11.8 Å². The van der Waals surface area contributed by atoms with Crippen LogP contribution in [0.3, 0.4) is 0 Å². The normalized spacial score (nSPS) is 29.2. The number of nitrogens with zero attached hydrogens (tertiary/aromatic N) is 6. The van der Waals surface area contributed by atoms with Crippen LogP contribution in [0.5, 0.6) is 0 Å². The van der Waals surface area contributed by atoms with E-state index in [0.29, 0.717) is 37.4 Å². The third-order valence-electron chi connectivity index (χ3n) is 6.74. The van der Waals surface area contributed by atoms with E-state index in [1.807, 2.05) is 29.4 Å². The molecule has 1 aliphatic carbocycles. The molecular formula is C21H28N6O3. The molecule has 160 valence electrons. The molecule has 0 spiro atoms. The van der Waals surface area contributed by atoms with Crippen LogP contribution in [0.25, 0.3) is 0 Å². The number of carbonyl (C=O) groups excluding carboxylic acids is 1. The predicted octanol–water partition coefficient (Wildman–Crippen LogP) is -0.0599. The van der Waals surface area contributed by atoms with Gasteiger partial charge in [-0.05, 0) is 36.8 Å². The second-order valence-electron chi connectivity index (χ2n) is 8.61. The van der Waals surface area contributed by atoms with Crippen molar-refractivity contribution >= 4 is 11.9 Å². The Morgan fingerprint density at radius 3 is 2.03 bits per heavy atom. The van der Waals surface area contributed by atoms with Gasteiger partial charge in [0.1, 0.15) is 0 Å². The number of anilines is 1. The molecule has 3 fully saturated rings. The SMILES string of the molecule is O=C(c1cnc(N2CCN(n3cccc3)CC2)nc1)N1CC2CC(O)C(O)CC2C1. The number of aliphatic hydroxyl groups excluding tert-OH is 2. The van der Waals surface area contributed by atoms with E-state index in [1.54, 1.807) is 12.4 Å². The Balaban J connectivity index is 1.19. The summed E-state index contributed by atoms with van der Waals surface area (Å²) >= 11 is 0. The van der Waals surface area contributed by atoms with Crippen molar-refractivity contribution in [1.82, 2.24) is 19.5 Å². The molecule has 0 bridgehead atoms. The van der Waals surface area contributed by atoms with Crippen molar-refractivity contribution < 1.29 is 15.0 Å². The highest BCUT2D eigenvalue weighted by Gasteiger charge is 2.42. The lowest BCUT2D eigenvalue weighted by molar-refractivity contribution is -0.0372. The number of carbonyl (C=O) groups is 1. The molecule has 2 aliphatic heterocycles. The molecule has 0 aromatic carbocycles. The molecule has 4 atom stereocenters. The van der Waals surface area contributed by atoms with Gasteiger partial charge in [0.15, 0.2) is 0 Å². The first-order valence-corrected chi connectivity index (χ1v) is 10.7. The summed E-state index contributed by atoms with van der Waals surface area (Å²) in [5, 5.41) is 22.1. The van der Waals surface area contributed by atoms with Gasteiger partial charge in [-0.15, -0.1) is 0 Å².